The maximum Gasteiger partial charge on any atom is 0.0642 e. The first-order valence-corrected chi connectivity index (χ1v) is 8.41. The molecule has 1 heterocycles. The van der Waals surface area contributed by atoms with E-state index in [1.807, 2.05) is 11.8 Å². The second-order valence-electron chi connectivity index (χ2n) is 5.38. The molecule has 0 radical (unpaired) electrons. The van der Waals surface area contributed by atoms with Crippen LogP contribution in [-0.2, 0) is 10.5 Å². The summed E-state index contributed by atoms with van der Waals surface area (Å²) in [5, 5.41) is 0. The summed E-state index contributed by atoms with van der Waals surface area (Å²) in [5.74, 6) is 1.02. The second kappa shape index (κ2) is 7.01. The normalized spacial score (nSPS) is 15.2. The van der Waals surface area contributed by atoms with Gasteiger partial charge in [0.1, 0.15) is 0 Å². The monoisotopic (exact) mass is 299 g/mol. The van der Waals surface area contributed by atoms with E-state index in [9.17, 15) is 0 Å². The first-order valence-electron chi connectivity index (χ1n) is 7.42. The molecule has 0 spiro atoms. The van der Waals surface area contributed by atoms with Crippen molar-refractivity contribution in [1.29, 1.82) is 0 Å². The SMILES string of the molecule is Cc1cc(SCc2ccccc2)cc(N2CCOCC2)c1. The zero-order valence-electron chi connectivity index (χ0n) is 12.4. The summed E-state index contributed by atoms with van der Waals surface area (Å²) < 4.78 is 5.44. The van der Waals surface area contributed by atoms with Gasteiger partial charge in [-0.2, -0.15) is 0 Å². The van der Waals surface area contributed by atoms with Crippen molar-refractivity contribution >= 4 is 17.4 Å². The van der Waals surface area contributed by atoms with Crippen molar-refractivity contribution in [3.05, 3.63) is 59.7 Å². The number of ether oxygens (including phenoxy) is 1. The van der Waals surface area contributed by atoms with E-state index in [1.54, 1.807) is 0 Å². The molecule has 110 valence electrons. The molecule has 1 fully saturated rings. The van der Waals surface area contributed by atoms with Crippen molar-refractivity contribution in [2.75, 3.05) is 31.2 Å². The summed E-state index contributed by atoms with van der Waals surface area (Å²) in [6.45, 7) is 5.83. The molecule has 3 rings (SSSR count). The lowest BCUT2D eigenvalue weighted by Crippen LogP contribution is -2.36. The van der Waals surface area contributed by atoms with Crippen LogP contribution in [0.3, 0.4) is 0 Å². The lowest BCUT2D eigenvalue weighted by Gasteiger charge is -2.29. The minimum absolute atomic E-state index is 0.834. The van der Waals surface area contributed by atoms with Crippen LogP contribution in [-0.4, -0.2) is 26.3 Å². The number of hydrogen-bond donors (Lipinski definition) is 0. The van der Waals surface area contributed by atoms with E-state index in [-0.39, 0.29) is 0 Å². The molecule has 1 saturated heterocycles. The molecule has 0 unspecified atom stereocenters. The fraction of sp³-hybridized carbons (Fsp3) is 0.333. The summed E-state index contributed by atoms with van der Waals surface area (Å²) in [4.78, 5) is 3.77. The summed E-state index contributed by atoms with van der Waals surface area (Å²) in [7, 11) is 0. The van der Waals surface area contributed by atoms with E-state index >= 15 is 0 Å². The van der Waals surface area contributed by atoms with Crippen molar-refractivity contribution in [1.82, 2.24) is 0 Å². The van der Waals surface area contributed by atoms with Crippen LogP contribution in [0.15, 0.2) is 53.4 Å². The van der Waals surface area contributed by atoms with E-state index in [4.69, 9.17) is 4.74 Å². The van der Waals surface area contributed by atoms with E-state index in [2.05, 4.69) is 60.4 Å². The highest BCUT2D eigenvalue weighted by atomic mass is 32.2. The van der Waals surface area contributed by atoms with Crippen LogP contribution in [0.4, 0.5) is 5.69 Å². The minimum Gasteiger partial charge on any atom is -0.378 e. The van der Waals surface area contributed by atoms with Gasteiger partial charge in [-0.3, -0.25) is 0 Å². The zero-order valence-corrected chi connectivity index (χ0v) is 13.2. The Morgan fingerprint density at radius 3 is 2.57 bits per heavy atom. The van der Waals surface area contributed by atoms with Crippen molar-refractivity contribution in [2.45, 2.75) is 17.6 Å². The molecule has 21 heavy (non-hydrogen) atoms. The predicted octanol–water partition coefficient (Wildman–Crippen LogP) is 4.12. The van der Waals surface area contributed by atoms with Gasteiger partial charge in [-0.1, -0.05) is 30.3 Å². The molecule has 0 aromatic heterocycles. The number of benzene rings is 2. The Kier molecular flexibility index (Phi) is 4.84. The van der Waals surface area contributed by atoms with Gasteiger partial charge < -0.3 is 9.64 Å². The predicted molar refractivity (Wildman–Crippen MR) is 90.2 cm³/mol. The summed E-state index contributed by atoms with van der Waals surface area (Å²) in [6, 6.07) is 17.5. The lowest BCUT2D eigenvalue weighted by atomic mass is 10.2. The third kappa shape index (κ3) is 4.02. The third-order valence-electron chi connectivity index (χ3n) is 3.66. The Bertz CT molecular complexity index is 579. The van der Waals surface area contributed by atoms with Crippen LogP contribution >= 0.6 is 11.8 Å². The smallest absolute Gasteiger partial charge is 0.0642 e. The van der Waals surface area contributed by atoms with Crippen LogP contribution in [0.25, 0.3) is 0 Å². The highest BCUT2D eigenvalue weighted by Crippen LogP contribution is 2.29. The molecular weight excluding hydrogens is 278 g/mol. The van der Waals surface area contributed by atoms with Gasteiger partial charge in [0.15, 0.2) is 0 Å². The summed E-state index contributed by atoms with van der Waals surface area (Å²) >= 11 is 1.91. The molecule has 0 N–H and O–H groups in total. The van der Waals surface area contributed by atoms with Gasteiger partial charge >= 0.3 is 0 Å². The number of morpholine rings is 1. The van der Waals surface area contributed by atoms with Crippen LogP contribution in [0, 0.1) is 6.92 Å². The van der Waals surface area contributed by atoms with E-state index in [1.165, 1.54) is 21.7 Å². The second-order valence-corrected chi connectivity index (χ2v) is 6.43. The number of thioether (sulfide) groups is 1. The molecular formula is C18H21NOS. The van der Waals surface area contributed by atoms with E-state index in [0.717, 1.165) is 32.1 Å². The molecule has 0 amide bonds. The van der Waals surface area contributed by atoms with Crippen LogP contribution in [0.5, 0.6) is 0 Å². The minimum atomic E-state index is 0.834. The van der Waals surface area contributed by atoms with E-state index in [0.29, 0.717) is 0 Å². The maximum absolute atomic E-state index is 5.44. The first-order chi connectivity index (χ1) is 10.3. The molecule has 3 heteroatoms. The number of rotatable bonds is 4. The number of aryl methyl sites for hydroxylation is 1. The van der Waals surface area contributed by atoms with Gasteiger partial charge in [0, 0.05) is 29.4 Å². The van der Waals surface area contributed by atoms with Gasteiger partial charge in [0.05, 0.1) is 13.2 Å². The average Bonchev–Trinajstić information content (AvgIpc) is 2.54. The Morgan fingerprint density at radius 2 is 1.81 bits per heavy atom. The molecule has 0 atom stereocenters. The number of hydrogen-bond acceptors (Lipinski definition) is 3. The molecule has 2 aromatic rings. The molecule has 1 aliphatic heterocycles. The highest BCUT2D eigenvalue weighted by Gasteiger charge is 2.12. The Morgan fingerprint density at radius 1 is 1.05 bits per heavy atom. The van der Waals surface area contributed by atoms with Crippen molar-refractivity contribution in [3.63, 3.8) is 0 Å². The topological polar surface area (TPSA) is 12.5 Å². The fourth-order valence-electron chi connectivity index (χ4n) is 2.56. The van der Waals surface area contributed by atoms with Crippen LogP contribution in [0.2, 0.25) is 0 Å². The zero-order chi connectivity index (χ0) is 14.5. The molecule has 2 nitrogen and oxygen atoms in total. The Balaban J connectivity index is 1.71. The number of nitrogens with zero attached hydrogens (tertiary/aromatic N) is 1. The largest absolute Gasteiger partial charge is 0.378 e. The van der Waals surface area contributed by atoms with Gasteiger partial charge in [-0.05, 0) is 36.2 Å². The Labute approximate surface area is 131 Å². The van der Waals surface area contributed by atoms with Gasteiger partial charge in [0.25, 0.3) is 0 Å². The molecule has 0 saturated carbocycles. The van der Waals surface area contributed by atoms with Gasteiger partial charge in [0.2, 0.25) is 0 Å². The third-order valence-corrected chi connectivity index (χ3v) is 4.71. The van der Waals surface area contributed by atoms with Crippen molar-refractivity contribution < 1.29 is 4.74 Å². The van der Waals surface area contributed by atoms with Gasteiger partial charge in [-0.15, -0.1) is 11.8 Å². The first kappa shape index (κ1) is 14.5. The van der Waals surface area contributed by atoms with Crippen molar-refractivity contribution in [3.8, 4) is 0 Å². The van der Waals surface area contributed by atoms with Crippen LogP contribution in [0.1, 0.15) is 11.1 Å². The Hall–Kier alpha value is -1.45. The lowest BCUT2D eigenvalue weighted by molar-refractivity contribution is 0.122. The van der Waals surface area contributed by atoms with Crippen LogP contribution < -0.4 is 4.90 Å². The summed E-state index contributed by atoms with van der Waals surface area (Å²) in [6.07, 6.45) is 0. The maximum atomic E-state index is 5.44. The standard InChI is InChI=1S/C18H21NOS/c1-15-11-17(19-7-9-20-10-8-19)13-18(12-15)21-14-16-5-3-2-4-6-16/h2-6,11-13H,7-10,14H2,1H3. The molecule has 2 aromatic carbocycles. The quantitative estimate of drug-likeness (QED) is 0.788. The average molecular weight is 299 g/mol. The number of anilines is 1. The van der Waals surface area contributed by atoms with E-state index < -0.39 is 0 Å². The summed E-state index contributed by atoms with van der Waals surface area (Å²) in [5.41, 5.74) is 4.03. The molecule has 0 aliphatic carbocycles. The molecule has 1 aliphatic rings. The highest BCUT2D eigenvalue weighted by molar-refractivity contribution is 7.98. The molecule has 0 bridgehead atoms. The fourth-order valence-corrected chi connectivity index (χ4v) is 3.56. The van der Waals surface area contributed by atoms with Crippen molar-refractivity contribution in [2.24, 2.45) is 0 Å². The van der Waals surface area contributed by atoms with Gasteiger partial charge in [-0.25, -0.2) is 0 Å².